The molecule has 2 heterocycles. The van der Waals surface area contributed by atoms with Crippen molar-refractivity contribution < 1.29 is 14.3 Å². The summed E-state index contributed by atoms with van der Waals surface area (Å²) in [5, 5.41) is 5.59. The summed E-state index contributed by atoms with van der Waals surface area (Å²) in [6.07, 6.45) is 2.32. The fourth-order valence-electron chi connectivity index (χ4n) is 1.51. The molecule has 1 fully saturated rings. The lowest BCUT2D eigenvalue weighted by Gasteiger charge is -2.22. The molecule has 0 aliphatic carbocycles. The molecule has 1 aliphatic heterocycles. The van der Waals surface area contributed by atoms with Crippen molar-refractivity contribution in [2.75, 3.05) is 25.3 Å². The molecular weight excluding hydrogens is 258 g/mol. The van der Waals surface area contributed by atoms with E-state index in [0.29, 0.717) is 18.8 Å². The molecule has 0 bridgehead atoms. The van der Waals surface area contributed by atoms with Crippen LogP contribution < -0.4 is 10.6 Å². The Kier molecular flexibility index (Phi) is 4.74. The average Bonchev–Trinajstić information content (AvgIpc) is 2.40. The monoisotopic (exact) mass is 271 g/mol. The lowest BCUT2D eigenvalue weighted by molar-refractivity contribution is -0.136. The average molecular weight is 272 g/mol. The first kappa shape index (κ1) is 13.1. The molecule has 0 unspecified atom stereocenters. The Hall–Kier alpha value is -1.37. The standard InChI is InChI=1S/C11H14ClN3O3/c12-10-9(2-1-4-13-10)15-11(16)14-6-8-3-5-17-7-18-8/h1-2,4,8H,3,5-7H2,(H2,14,15,16)/t8-/m1/s1. The van der Waals surface area contributed by atoms with Crippen molar-refractivity contribution in [3.63, 3.8) is 0 Å². The van der Waals surface area contributed by atoms with Crippen LogP contribution in [0.1, 0.15) is 6.42 Å². The Morgan fingerprint density at radius 2 is 2.50 bits per heavy atom. The summed E-state index contributed by atoms with van der Waals surface area (Å²) in [7, 11) is 0. The van der Waals surface area contributed by atoms with Crippen molar-refractivity contribution in [1.82, 2.24) is 10.3 Å². The molecule has 1 aromatic heterocycles. The lowest BCUT2D eigenvalue weighted by Crippen LogP contribution is -2.39. The smallest absolute Gasteiger partial charge is 0.319 e. The third kappa shape index (κ3) is 3.83. The molecule has 6 nitrogen and oxygen atoms in total. The van der Waals surface area contributed by atoms with Crippen molar-refractivity contribution in [2.45, 2.75) is 12.5 Å². The molecule has 18 heavy (non-hydrogen) atoms. The largest absolute Gasteiger partial charge is 0.355 e. The van der Waals surface area contributed by atoms with E-state index in [1.165, 1.54) is 0 Å². The number of amides is 2. The van der Waals surface area contributed by atoms with Gasteiger partial charge in [0.25, 0.3) is 0 Å². The Morgan fingerprint density at radius 1 is 1.61 bits per heavy atom. The van der Waals surface area contributed by atoms with Crippen LogP contribution in [0.5, 0.6) is 0 Å². The van der Waals surface area contributed by atoms with Crippen molar-refractivity contribution in [1.29, 1.82) is 0 Å². The van der Waals surface area contributed by atoms with E-state index in [4.69, 9.17) is 21.1 Å². The predicted octanol–water partition coefficient (Wildman–Crippen LogP) is 1.62. The van der Waals surface area contributed by atoms with Crippen molar-refractivity contribution >= 4 is 23.3 Å². The summed E-state index contributed by atoms with van der Waals surface area (Å²) in [6.45, 7) is 1.37. The van der Waals surface area contributed by atoms with Crippen LogP contribution in [-0.2, 0) is 9.47 Å². The number of ether oxygens (including phenoxy) is 2. The number of hydrogen-bond acceptors (Lipinski definition) is 4. The maximum Gasteiger partial charge on any atom is 0.319 e. The van der Waals surface area contributed by atoms with Gasteiger partial charge in [-0.3, -0.25) is 0 Å². The van der Waals surface area contributed by atoms with Gasteiger partial charge in [-0.15, -0.1) is 0 Å². The third-order valence-corrected chi connectivity index (χ3v) is 2.77. The SMILES string of the molecule is O=C(NC[C@H]1CCOCO1)Nc1cccnc1Cl. The number of nitrogens with zero attached hydrogens (tertiary/aromatic N) is 1. The van der Waals surface area contributed by atoms with Crippen LogP contribution in [0.2, 0.25) is 5.15 Å². The number of carbonyl (C=O) groups excluding carboxylic acids is 1. The topological polar surface area (TPSA) is 72.5 Å². The summed E-state index contributed by atoms with van der Waals surface area (Å²) in [5.74, 6) is 0. The number of pyridine rings is 1. The number of rotatable bonds is 3. The molecule has 0 saturated carbocycles. The molecule has 7 heteroatoms. The summed E-state index contributed by atoms with van der Waals surface area (Å²) in [5.41, 5.74) is 0.476. The highest BCUT2D eigenvalue weighted by Gasteiger charge is 2.15. The summed E-state index contributed by atoms with van der Waals surface area (Å²) >= 11 is 5.82. The normalized spacial score (nSPS) is 19.3. The van der Waals surface area contributed by atoms with Gasteiger partial charge in [-0.1, -0.05) is 11.6 Å². The molecule has 0 aromatic carbocycles. The zero-order chi connectivity index (χ0) is 12.8. The van der Waals surface area contributed by atoms with Gasteiger partial charge < -0.3 is 20.1 Å². The van der Waals surface area contributed by atoms with Gasteiger partial charge in [0.15, 0.2) is 5.15 Å². The minimum absolute atomic E-state index is 0.00568. The molecule has 98 valence electrons. The number of hydrogen-bond donors (Lipinski definition) is 2. The Morgan fingerprint density at radius 3 is 3.22 bits per heavy atom. The Labute approximate surface area is 110 Å². The highest BCUT2D eigenvalue weighted by Crippen LogP contribution is 2.16. The van der Waals surface area contributed by atoms with Crippen LogP contribution >= 0.6 is 11.6 Å². The van der Waals surface area contributed by atoms with Crippen molar-refractivity contribution in [2.24, 2.45) is 0 Å². The maximum absolute atomic E-state index is 11.6. The maximum atomic E-state index is 11.6. The summed E-state index contributed by atoms with van der Waals surface area (Å²) < 4.78 is 10.3. The highest BCUT2D eigenvalue weighted by atomic mass is 35.5. The molecule has 2 rings (SSSR count). The molecule has 1 aliphatic rings. The quantitative estimate of drug-likeness (QED) is 0.820. The van der Waals surface area contributed by atoms with Gasteiger partial charge in [-0.2, -0.15) is 0 Å². The highest BCUT2D eigenvalue weighted by molar-refractivity contribution is 6.32. The van der Waals surface area contributed by atoms with Crippen molar-refractivity contribution in [3.05, 3.63) is 23.5 Å². The second-order valence-electron chi connectivity index (χ2n) is 3.78. The molecule has 1 atom stereocenters. The first-order chi connectivity index (χ1) is 8.75. The van der Waals surface area contributed by atoms with Crippen LogP contribution in [0.3, 0.4) is 0 Å². The van der Waals surface area contributed by atoms with Gasteiger partial charge in [-0.25, -0.2) is 9.78 Å². The second kappa shape index (κ2) is 6.53. The number of aromatic nitrogens is 1. The molecule has 2 amide bonds. The summed E-state index contributed by atoms with van der Waals surface area (Å²) in [4.78, 5) is 15.5. The van der Waals surface area contributed by atoms with Crippen LogP contribution in [0.15, 0.2) is 18.3 Å². The second-order valence-corrected chi connectivity index (χ2v) is 4.14. The van der Waals surface area contributed by atoms with E-state index in [9.17, 15) is 4.79 Å². The van der Waals surface area contributed by atoms with E-state index in [1.54, 1.807) is 18.3 Å². The number of nitrogens with one attached hydrogen (secondary N) is 2. The molecular formula is C11H14ClN3O3. The van der Waals surface area contributed by atoms with Crippen LogP contribution in [0.4, 0.5) is 10.5 Å². The molecule has 1 saturated heterocycles. The first-order valence-corrected chi connectivity index (χ1v) is 5.98. The van der Waals surface area contributed by atoms with Gasteiger partial charge in [0.1, 0.15) is 6.79 Å². The van der Waals surface area contributed by atoms with Crippen LogP contribution in [-0.4, -0.2) is 37.1 Å². The molecule has 0 spiro atoms. The van der Waals surface area contributed by atoms with Gasteiger partial charge in [-0.05, 0) is 18.6 Å². The minimum Gasteiger partial charge on any atom is -0.355 e. The van der Waals surface area contributed by atoms with Crippen molar-refractivity contribution in [3.8, 4) is 0 Å². The minimum atomic E-state index is -0.333. The third-order valence-electron chi connectivity index (χ3n) is 2.47. The number of anilines is 1. The van der Waals surface area contributed by atoms with E-state index >= 15 is 0 Å². The van der Waals surface area contributed by atoms with Crippen LogP contribution in [0.25, 0.3) is 0 Å². The zero-order valence-corrected chi connectivity index (χ0v) is 10.4. The predicted molar refractivity (Wildman–Crippen MR) is 66.6 cm³/mol. The van der Waals surface area contributed by atoms with E-state index in [1.807, 2.05) is 0 Å². The zero-order valence-electron chi connectivity index (χ0n) is 9.69. The lowest BCUT2D eigenvalue weighted by atomic mass is 10.2. The van der Waals surface area contributed by atoms with E-state index in [-0.39, 0.29) is 24.1 Å². The fourth-order valence-corrected chi connectivity index (χ4v) is 1.68. The van der Waals surface area contributed by atoms with Gasteiger partial charge in [0, 0.05) is 12.7 Å². The van der Waals surface area contributed by atoms with E-state index < -0.39 is 0 Å². The molecule has 1 aromatic rings. The van der Waals surface area contributed by atoms with Gasteiger partial charge >= 0.3 is 6.03 Å². The number of carbonyl (C=O) groups is 1. The number of halogens is 1. The molecule has 2 N–H and O–H groups in total. The summed E-state index contributed by atoms with van der Waals surface area (Å²) in [6, 6.07) is 3.04. The Balaban J connectivity index is 1.76. The van der Waals surface area contributed by atoms with Crippen LogP contribution in [0, 0.1) is 0 Å². The van der Waals surface area contributed by atoms with Gasteiger partial charge in [0.2, 0.25) is 0 Å². The Bertz CT molecular complexity index is 410. The molecule has 0 radical (unpaired) electrons. The van der Waals surface area contributed by atoms with E-state index in [2.05, 4.69) is 15.6 Å². The van der Waals surface area contributed by atoms with E-state index in [0.717, 1.165) is 6.42 Å². The fraction of sp³-hybridized carbons (Fsp3) is 0.455. The number of urea groups is 1. The van der Waals surface area contributed by atoms with Gasteiger partial charge in [0.05, 0.1) is 18.4 Å². The first-order valence-electron chi connectivity index (χ1n) is 5.60.